The number of hydrogen-bond donors (Lipinski definition) is 0. The molecule has 0 aromatic carbocycles. The maximum absolute atomic E-state index is 12.3. The lowest BCUT2D eigenvalue weighted by atomic mass is 9.94. The zero-order valence-corrected chi connectivity index (χ0v) is 6.98. The van der Waals surface area contributed by atoms with E-state index in [-0.39, 0.29) is 19.6 Å². The van der Waals surface area contributed by atoms with Crippen LogP contribution in [0.15, 0.2) is 0 Å². The van der Waals surface area contributed by atoms with Gasteiger partial charge in [0.05, 0.1) is 13.2 Å². The Morgan fingerprint density at radius 2 is 2.15 bits per heavy atom. The van der Waals surface area contributed by atoms with Gasteiger partial charge < -0.3 is 9.47 Å². The second kappa shape index (κ2) is 3.17. The summed E-state index contributed by atoms with van der Waals surface area (Å²) < 4.78 is 45.5. The highest BCUT2D eigenvalue weighted by atomic mass is 19.4. The first-order chi connectivity index (χ1) is 5.94. The molecular formula is C7H9F3O3. The molecule has 0 N–H and O–H groups in total. The van der Waals surface area contributed by atoms with Gasteiger partial charge in [-0.3, -0.25) is 0 Å². The summed E-state index contributed by atoms with van der Waals surface area (Å²) in [5.41, 5.74) is -2.69. The van der Waals surface area contributed by atoms with Crippen LogP contribution in [0.2, 0.25) is 0 Å². The lowest BCUT2D eigenvalue weighted by molar-refractivity contribution is -0.317. The van der Waals surface area contributed by atoms with Crippen molar-refractivity contribution in [3.8, 4) is 0 Å². The number of carbonyl (C=O) groups excluding carboxylic acids is 1. The SMILES string of the molecule is CCOC(=O)C1(C(F)(F)F)CCO1. The first-order valence-electron chi connectivity index (χ1n) is 3.82. The Balaban J connectivity index is 2.76. The number of ether oxygens (including phenoxy) is 2. The molecule has 3 nitrogen and oxygen atoms in total. The van der Waals surface area contributed by atoms with Gasteiger partial charge in [-0.1, -0.05) is 0 Å². The molecule has 0 aliphatic carbocycles. The minimum absolute atomic E-state index is 0.0572. The Morgan fingerprint density at radius 1 is 1.62 bits per heavy atom. The smallest absolute Gasteiger partial charge is 0.428 e. The second-order valence-corrected chi connectivity index (χ2v) is 2.64. The summed E-state index contributed by atoms with van der Waals surface area (Å²) in [5, 5.41) is 0. The van der Waals surface area contributed by atoms with Crippen LogP contribution in [0, 0.1) is 0 Å². The van der Waals surface area contributed by atoms with Gasteiger partial charge in [0, 0.05) is 6.42 Å². The molecule has 1 rings (SSSR count). The van der Waals surface area contributed by atoms with Gasteiger partial charge in [-0.2, -0.15) is 13.2 Å². The fourth-order valence-electron chi connectivity index (χ4n) is 1.05. The summed E-state index contributed by atoms with van der Waals surface area (Å²) in [6, 6.07) is 0. The average molecular weight is 198 g/mol. The van der Waals surface area contributed by atoms with E-state index in [1.165, 1.54) is 6.92 Å². The molecule has 1 fully saturated rings. The molecule has 13 heavy (non-hydrogen) atoms. The van der Waals surface area contributed by atoms with E-state index in [2.05, 4.69) is 9.47 Å². The van der Waals surface area contributed by atoms with E-state index in [0.29, 0.717) is 0 Å². The van der Waals surface area contributed by atoms with Crippen molar-refractivity contribution in [3.63, 3.8) is 0 Å². The Bertz CT molecular complexity index is 208. The van der Waals surface area contributed by atoms with E-state index in [4.69, 9.17) is 0 Å². The van der Waals surface area contributed by atoms with Gasteiger partial charge in [-0.15, -0.1) is 0 Å². The minimum Gasteiger partial charge on any atom is -0.464 e. The number of hydrogen-bond acceptors (Lipinski definition) is 3. The fourth-order valence-corrected chi connectivity index (χ4v) is 1.05. The molecule has 0 radical (unpaired) electrons. The van der Waals surface area contributed by atoms with Crippen LogP contribution in [-0.2, 0) is 14.3 Å². The third-order valence-corrected chi connectivity index (χ3v) is 1.87. The first-order valence-corrected chi connectivity index (χ1v) is 3.82. The lowest BCUT2D eigenvalue weighted by Crippen LogP contribution is -2.61. The van der Waals surface area contributed by atoms with Gasteiger partial charge in [0.1, 0.15) is 0 Å². The van der Waals surface area contributed by atoms with Crippen molar-refractivity contribution in [2.24, 2.45) is 0 Å². The summed E-state index contributed by atoms with van der Waals surface area (Å²) in [4.78, 5) is 10.9. The van der Waals surface area contributed by atoms with Crippen molar-refractivity contribution in [2.45, 2.75) is 25.1 Å². The van der Waals surface area contributed by atoms with E-state index in [1.54, 1.807) is 0 Å². The number of rotatable bonds is 2. The Kier molecular flexibility index (Phi) is 2.51. The lowest BCUT2D eigenvalue weighted by Gasteiger charge is -2.39. The Hall–Kier alpha value is -0.780. The maximum atomic E-state index is 12.3. The van der Waals surface area contributed by atoms with E-state index in [1.807, 2.05) is 0 Å². The van der Waals surface area contributed by atoms with Crippen LogP contribution < -0.4 is 0 Å². The van der Waals surface area contributed by atoms with E-state index in [0.717, 1.165) is 0 Å². The number of esters is 1. The van der Waals surface area contributed by atoms with Gasteiger partial charge in [-0.05, 0) is 6.92 Å². The predicted molar refractivity (Wildman–Crippen MR) is 36.0 cm³/mol. The van der Waals surface area contributed by atoms with Crippen LogP contribution >= 0.6 is 0 Å². The standard InChI is InChI=1S/C7H9F3O3/c1-2-12-5(11)6(3-4-13-6)7(8,9)10/h2-4H2,1H3. The number of halogens is 3. The third-order valence-electron chi connectivity index (χ3n) is 1.87. The van der Waals surface area contributed by atoms with Crippen molar-refractivity contribution < 1.29 is 27.4 Å². The highest BCUT2D eigenvalue weighted by molar-refractivity contribution is 5.81. The molecule has 0 saturated carbocycles. The molecule has 0 bridgehead atoms. The molecular weight excluding hydrogens is 189 g/mol. The van der Waals surface area contributed by atoms with Crippen molar-refractivity contribution in [1.82, 2.24) is 0 Å². The maximum Gasteiger partial charge on any atom is 0.428 e. The predicted octanol–water partition coefficient (Wildman–Crippen LogP) is 1.27. The molecule has 76 valence electrons. The van der Waals surface area contributed by atoms with Crippen LogP contribution in [0.25, 0.3) is 0 Å². The van der Waals surface area contributed by atoms with Crippen molar-refractivity contribution in [2.75, 3.05) is 13.2 Å². The molecule has 0 spiro atoms. The molecule has 1 saturated heterocycles. The third kappa shape index (κ3) is 1.50. The summed E-state index contributed by atoms with van der Waals surface area (Å²) >= 11 is 0. The zero-order chi connectivity index (χ0) is 10.1. The van der Waals surface area contributed by atoms with Crippen LogP contribution in [0.4, 0.5) is 13.2 Å². The molecule has 0 aromatic heterocycles. The van der Waals surface area contributed by atoms with E-state index >= 15 is 0 Å². The fraction of sp³-hybridized carbons (Fsp3) is 0.857. The Labute approximate surface area is 72.8 Å². The molecule has 0 aromatic rings. The van der Waals surface area contributed by atoms with Gasteiger partial charge in [0.25, 0.3) is 5.60 Å². The largest absolute Gasteiger partial charge is 0.464 e. The summed E-state index contributed by atoms with van der Waals surface area (Å²) in [7, 11) is 0. The molecule has 6 heteroatoms. The average Bonchev–Trinajstić information content (AvgIpc) is 1.80. The van der Waals surface area contributed by atoms with Crippen molar-refractivity contribution in [1.29, 1.82) is 0 Å². The normalized spacial score (nSPS) is 28.0. The van der Waals surface area contributed by atoms with E-state index in [9.17, 15) is 18.0 Å². The summed E-state index contributed by atoms with van der Waals surface area (Å²) in [6.45, 7) is 1.30. The first kappa shape index (κ1) is 10.3. The van der Waals surface area contributed by atoms with Gasteiger partial charge in [0.15, 0.2) is 0 Å². The molecule has 1 aliphatic heterocycles. The molecule has 1 heterocycles. The molecule has 0 amide bonds. The van der Waals surface area contributed by atoms with Crippen molar-refractivity contribution in [3.05, 3.63) is 0 Å². The highest BCUT2D eigenvalue weighted by Gasteiger charge is 2.67. The van der Waals surface area contributed by atoms with Gasteiger partial charge in [0.2, 0.25) is 0 Å². The summed E-state index contributed by atoms with van der Waals surface area (Å²) in [5.74, 6) is -1.34. The van der Waals surface area contributed by atoms with Crippen LogP contribution in [0.5, 0.6) is 0 Å². The van der Waals surface area contributed by atoms with Crippen LogP contribution in [-0.4, -0.2) is 31.0 Å². The van der Waals surface area contributed by atoms with Crippen LogP contribution in [0.3, 0.4) is 0 Å². The monoisotopic (exact) mass is 198 g/mol. The Morgan fingerprint density at radius 3 is 2.38 bits per heavy atom. The molecule has 1 atom stereocenters. The number of alkyl halides is 3. The second-order valence-electron chi connectivity index (χ2n) is 2.64. The topological polar surface area (TPSA) is 35.5 Å². The summed E-state index contributed by atoms with van der Waals surface area (Å²) in [6.07, 6.45) is -5.03. The van der Waals surface area contributed by atoms with Crippen LogP contribution in [0.1, 0.15) is 13.3 Å². The van der Waals surface area contributed by atoms with E-state index < -0.39 is 17.7 Å². The quantitative estimate of drug-likeness (QED) is 0.627. The zero-order valence-electron chi connectivity index (χ0n) is 6.98. The molecule has 1 unspecified atom stereocenters. The van der Waals surface area contributed by atoms with Crippen molar-refractivity contribution >= 4 is 5.97 Å². The highest BCUT2D eigenvalue weighted by Crippen LogP contribution is 2.43. The minimum atomic E-state index is -4.68. The number of carbonyl (C=O) groups is 1. The van der Waals surface area contributed by atoms with Gasteiger partial charge >= 0.3 is 12.1 Å². The van der Waals surface area contributed by atoms with Gasteiger partial charge in [-0.25, -0.2) is 4.79 Å². The molecule has 1 aliphatic rings.